The van der Waals surface area contributed by atoms with Crippen LogP contribution in [0, 0.1) is 13.8 Å². The molecule has 2 N–H and O–H groups in total. The van der Waals surface area contributed by atoms with Gasteiger partial charge in [-0.2, -0.15) is 0 Å². The van der Waals surface area contributed by atoms with Gasteiger partial charge in [0.2, 0.25) is 0 Å². The zero-order valence-electron chi connectivity index (χ0n) is 20.8. The number of amides is 5. The van der Waals surface area contributed by atoms with Crippen molar-refractivity contribution in [3.05, 3.63) is 87.9 Å². The smallest absolute Gasteiger partial charge is 0.335 e. The lowest BCUT2D eigenvalue weighted by molar-refractivity contribution is -0.122. The number of rotatable bonds is 7. The predicted octanol–water partition coefficient (Wildman–Crippen LogP) is 4.65. The van der Waals surface area contributed by atoms with Gasteiger partial charge in [-0.05, 0) is 66.9 Å². The second-order valence-corrected chi connectivity index (χ2v) is 8.86. The number of nitrogens with zero attached hydrogens (tertiary/aromatic N) is 1. The molecule has 9 nitrogen and oxygen atoms in total. The van der Waals surface area contributed by atoms with Crippen LogP contribution in [0.5, 0.6) is 11.5 Å². The molecule has 194 valence electrons. The number of aryl methyl sites for hydroxylation is 2. The van der Waals surface area contributed by atoms with Crippen LogP contribution in [0.25, 0.3) is 6.08 Å². The summed E-state index contributed by atoms with van der Waals surface area (Å²) in [5.41, 5.74) is 2.79. The third-order valence-corrected chi connectivity index (χ3v) is 6.20. The summed E-state index contributed by atoms with van der Waals surface area (Å²) >= 11 is 6.16. The Balaban J connectivity index is 1.53. The highest BCUT2D eigenvalue weighted by molar-refractivity contribution is 6.39. The van der Waals surface area contributed by atoms with E-state index >= 15 is 0 Å². The van der Waals surface area contributed by atoms with Crippen LogP contribution >= 0.6 is 11.6 Å². The zero-order chi connectivity index (χ0) is 27.4. The molecule has 0 aliphatic carbocycles. The van der Waals surface area contributed by atoms with Crippen molar-refractivity contribution in [2.24, 2.45) is 0 Å². The van der Waals surface area contributed by atoms with Crippen molar-refractivity contribution in [2.45, 2.75) is 13.8 Å². The minimum atomic E-state index is -0.873. The molecule has 0 saturated carbocycles. The average Bonchev–Trinajstić information content (AvgIpc) is 2.89. The Morgan fingerprint density at radius 2 is 1.76 bits per heavy atom. The molecule has 10 heteroatoms. The Hall–Kier alpha value is -4.63. The lowest BCUT2D eigenvalue weighted by Gasteiger charge is -2.26. The van der Waals surface area contributed by atoms with Crippen LogP contribution in [0.1, 0.15) is 16.7 Å². The fourth-order valence-corrected chi connectivity index (χ4v) is 3.89. The number of imide groups is 2. The Bertz CT molecular complexity index is 1480. The fraction of sp³-hybridized carbons (Fsp3) is 0.143. The molecule has 1 aliphatic rings. The maximum atomic E-state index is 13.2. The molecular weight excluding hydrogens is 510 g/mol. The highest BCUT2D eigenvalue weighted by Crippen LogP contribution is 2.31. The van der Waals surface area contributed by atoms with Gasteiger partial charge in [0.05, 0.1) is 12.8 Å². The van der Waals surface area contributed by atoms with E-state index in [4.69, 9.17) is 21.1 Å². The molecule has 0 spiro atoms. The summed E-state index contributed by atoms with van der Waals surface area (Å²) in [6.07, 6.45) is 1.34. The number of carbonyl (C=O) groups is 4. The molecular formula is C28H24ClN3O6. The van der Waals surface area contributed by atoms with Gasteiger partial charge in [0.1, 0.15) is 5.57 Å². The topological polar surface area (TPSA) is 114 Å². The largest absolute Gasteiger partial charge is 0.493 e. The predicted molar refractivity (Wildman–Crippen MR) is 143 cm³/mol. The zero-order valence-corrected chi connectivity index (χ0v) is 21.6. The van der Waals surface area contributed by atoms with Gasteiger partial charge < -0.3 is 14.8 Å². The number of nitrogens with one attached hydrogen (secondary N) is 2. The Labute approximate surface area is 224 Å². The van der Waals surface area contributed by atoms with Crippen molar-refractivity contribution in [3.8, 4) is 11.5 Å². The maximum Gasteiger partial charge on any atom is 0.335 e. The lowest BCUT2D eigenvalue weighted by atomic mass is 10.1. The van der Waals surface area contributed by atoms with Gasteiger partial charge in [-0.3, -0.25) is 19.7 Å². The fourth-order valence-electron chi connectivity index (χ4n) is 3.72. The monoisotopic (exact) mass is 533 g/mol. The minimum Gasteiger partial charge on any atom is -0.493 e. The van der Waals surface area contributed by atoms with Gasteiger partial charge in [0, 0.05) is 10.7 Å². The lowest BCUT2D eigenvalue weighted by Crippen LogP contribution is -2.54. The van der Waals surface area contributed by atoms with E-state index in [2.05, 4.69) is 10.6 Å². The molecule has 1 fully saturated rings. The molecule has 0 aromatic heterocycles. The van der Waals surface area contributed by atoms with Crippen LogP contribution in [-0.2, 0) is 14.4 Å². The van der Waals surface area contributed by atoms with Crippen molar-refractivity contribution < 1.29 is 28.7 Å². The Morgan fingerprint density at radius 1 is 1.00 bits per heavy atom. The van der Waals surface area contributed by atoms with Crippen LogP contribution in [-0.4, -0.2) is 37.5 Å². The number of halogens is 1. The van der Waals surface area contributed by atoms with Crippen molar-refractivity contribution in [1.82, 2.24) is 5.32 Å². The average molecular weight is 534 g/mol. The molecule has 5 amide bonds. The van der Waals surface area contributed by atoms with E-state index in [0.717, 1.165) is 16.0 Å². The minimum absolute atomic E-state index is 0.229. The van der Waals surface area contributed by atoms with Crippen LogP contribution in [0.3, 0.4) is 0 Å². The summed E-state index contributed by atoms with van der Waals surface area (Å²) in [4.78, 5) is 51.3. The number of para-hydroxylation sites is 1. The van der Waals surface area contributed by atoms with E-state index in [1.54, 1.807) is 43.3 Å². The van der Waals surface area contributed by atoms with E-state index < -0.39 is 17.8 Å². The molecule has 3 aromatic rings. The number of carbonyl (C=O) groups excluding carboxylic acids is 4. The first-order valence-corrected chi connectivity index (χ1v) is 11.9. The number of hydrogen-bond donors (Lipinski definition) is 2. The third kappa shape index (κ3) is 5.68. The number of ether oxygens (including phenoxy) is 2. The molecule has 1 aliphatic heterocycles. The summed E-state index contributed by atoms with van der Waals surface area (Å²) in [5.74, 6) is -1.41. The van der Waals surface area contributed by atoms with Crippen molar-refractivity contribution in [3.63, 3.8) is 0 Å². The first-order chi connectivity index (χ1) is 18.2. The molecule has 38 heavy (non-hydrogen) atoms. The molecule has 0 unspecified atom stereocenters. The first kappa shape index (κ1) is 26.4. The summed E-state index contributed by atoms with van der Waals surface area (Å²) in [6, 6.07) is 15.9. The van der Waals surface area contributed by atoms with Crippen molar-refractivity contribution in [2.75, 3.05) is 23.9 Å². The number of benzene rings is 3. The van der Waals surface area contributed by atoms with E-state index in [1.807, 2.05) is 25.1 Å². The number of methoxy groups -OCH3 is 1. The second-order valence-electron chi connectivity index (χ2n) is 8.45. The number of hydrogen-bond acceptors (Lipinski definition) is 6. The van der Waals surface area contributed by atoms with Gasteiger partial charge in [0.15, 0.2) is 18.1 Å². The van der Waals surface area contributed by atoms with Gasteiger partial charge in [-0.15, -0.1) is 0 Å². The SMILES string of the molecule is COc1cc(/C=C2\C(=O)NC(=O)N(c3ccc(C)c(Cl)c3)C2=O)ccc1OCC(=O)Nc1ccccc1C. The van der Waals surface area contributed by atoms with Crippen LogP contribution in [0.2, 0.25) is 5.02 Å². The van der Waals surface area contributed by atoms with E-state index in [1.165, 1.54) is 19.3 Å². The molecule has 4 rings (SSSR count). The molecule has 0 radical (unpaired) electrons. The quantitative estimate of drug-likeness (QED) is 0.337. The van der Waals surface area contributed by atoms with Gasteiger partial charge in [-0.25, -0.2) is 9.69 Å². The summed E-state index contributed by atoms with van der Waals surface area (Å²) in [6.45, 7) is 3.41. The highest BCUT2D eigenvalue weighted by atomic mass is 35.5. The van der Waals surface area contributed by atoms with Crippen molar-refractivity contribution >= 4 is 52.8 Å². The molecule has 1 saturated heterocycles. The molecule has 1 heterocycles. The van der Waals surface area contributed by atoms with Crippen LogP contribution in [0.4, 0.5) is 16.2 Å². The van der Waals surface area contributed by atoms with Crippen LogP contribution < -0.4 is 25.0 Å². The number of urea groups is 1. The summed E-state index contributed by atoms with van der Waals surface area (Å²) in [5, 5.41) is 5.33. The number of anilines is 2. The van der Waals surface area contributed by atoms with E-state index in [0.29, 0.717) is 22.0 Å². The van der Waals surface area contributed by atoms with E-state index in [9.17, 15) is 19.2 Å². The van der Waals surface area contributed by atoms with Crippen LogP contribution in [0.15, 0.2) is 66.2 Å². The second kappa shape index (κ2) is 11.2. The maximum absolute atomic E-state index is 13.2. The Morgan fingerprint density at radius 3 is 2.47 bits per heavy atom. The third-order valence-electron chi connectivity index (χ3n) is 5.79. The highest BCUT2D eigenvalue weighted by Gasteiger charge is 2.37. The summed E-state index contributed by atoms with van der Waals surface area (Å²) < 4.78 is 11.0. The van der Waals surface area contributed by atoms with Gasteiger partial charge in [-0.1, -0.05) is 41.9 Å². The van der Waals surface area contributed by atoms with Gasteiger partial charge in [0.25, 0.3) is 17.7 Å². The van der Waals surface area contributed by atoms with Gasteiger partial charge >= 0.3 is 6.03 Å². The normalized spacial score (nSPS) is 14.4. The van der Waals surface area contributed by atoms with Crippen molar-refractivity contribution in [1.29, 1.82) is 0 Å². The van der Waals surface area contributed by atoms with E-state index in [-0.39, 0.29) is 29.5 Å². The molecule has 0 bridgehead atoms. The standard InChI is InChI=1S/C28H24ClN3O6/c1-16-8-10-19(14-21(16)29)32-27(35)20(26(34)31-28(32)36)12-18-9-11-23(24(13-18)37-3)38-15-25(33)30-22-7-5-4-6-17(22)2/h4-14H,15H2,1-3H3,(H,30,33)(H,31,34,36)/b20-12+. The number of barbiturate groups is 1. The molecule has 3 aromatic carbocycles. The first-order valence-electron chi connectivity index (χ1n) is 11.5. The molecule has 0 atom stereocenters. The summed E-state index contributed by atoms with van der Waals surface area (Å²) in [7, 11) is 1.42. The Kier molecular flexibility index (Phi) is 7.78.